The molecule has 0 bridgehead atoms. The van der Waals surface area contributed by atoms with Crippen molar-refractivity contribution in [2.24, 2.45) is 0 Å². The molecule has 1 aromatic rings. The molecule has 0 aliphatic carbocycles. The van der Waals surface area contributed by atoms with Gasteiger partial charge in [0.05, 0.1) is 5.56 Å². The Morgan fingerprint density at radius 1 is 1.38 bits per heavy atom. The maximum atomic E-state index is 12.3. The molecule has 6 heteroatoms. The van der Waals surface area contributed by atoms with E-state index in [1.54, 1.807) is 0 Å². The fourth-order valence-electron chi connectivity index (χ4n) is 0.898. The number of hydrogen-bond acceptors (Lipinski definition) is 1. The van der Waals surface area contributed by atoms with Crippen LogP contribution in [0.4, 0.5) is 13.2 Å². The molecule has 0 atom stereocenters. The van der Waals surface area contributed by atoms with E-state index in [2.05, 4.69) is 6.07 Å². The predicted octanol–water partition coefficient (Wildman–Crippen LogP) is 4.20. The van der Waals surface area contributed by atoms with Crippen LogP contribution in [0, 0.1) is 6.07 Å². The third-order valence-electron chi connectivity index (χ3n) is 1.58. The van der Waals surface area contributed by atoms with Crippen molar-refractivity contribution in [2.45, 2.75) is 6.18 Å². The molecule has 87 valence electrons. The lowest BCUT2D eigenvalue weighted by Gasteiger charge is -2.08. The molecule has 0 N–H and O–H groups in total. The van der Waals surface area contributed by atoms with Crippen LogP contribution in [0.25, 0.3) is 0 Å². The second-order valence-electron chi connectivity index (χ2n) is 2.76. The van der Waals surface area contributed by atoms with Gasteiger partial charge in [0.2, 0.25) is 0 Å². The fraction of sp³-hybridized carbons (Fsp3) is 0.200. The van der Waals surface area contributed by atoms with Gasteiger partial charge in [-0.1, -0.05) is 23.2 Å². The molecule has 0 saturated carbocycles. The summed E-state index contributed by atoms with van der Waals surface area (Å²) in [6, 6.07) is 5.37. The van der Waals surface area contributed by atoms with E-state index >= 15 is 0 Å². The third kappa shape index (κ3) is 4.33. The first-order chi connectivity index (χ1) is 7.39. The van der Waals surface area contributed by atoms with Crippen LogP contribution in [-0.2, 0) is 6.18 Å². The Bertz CT molecular complexity index is 384. The van der Waals surface area contributed by atoms with Crippen molar-refractivity contribution in [1.29, 1.82) is 0 Å². The summed E-state index contributed by atoms with van der Waals surface area (Å²) < 4.78 is 41.8. The highest BCUT2D eigenvalue weighted by Gasteiger charge is 2.30. The van der Waals surface area contributed by atoms with Gasteiger partial charge in [-0.2, -0.15) is 13.2 Å². The van der Waals surface area contributed by atoms with Crippen LogP contribution >= 0.6 is 23.2 Å². The first-order valence-electron chi connectivity index (χ1n) is 4.12. The third-order valence-corrected chi connectivity index (χ3v) is 1.89. The molecule has 0 heterocycles. The van der Waals surface area contributed by atoms with E-state index in [1.165, 1.54) is 12.1 Å². The van der Waals surface area contributed by atoms with Gasteiger partial charge in [0, 0.05) is 0 Å². The van der Waals surface area contributed by atoms with Gasteiger partial charge in [-0.15, -0.1) is 0 Å². The molecular weight excluding hydrogens is 264 g/mol. The van der Waals surface area contributed by atoms with Gasteiger partial charge in [0.1, 0.15) is 16.8 Å². The SMILES string of the molecule is FC(F)(F)c1c[c]cc(OCC=C(Cl)Cl)c1. The lowest BCUT2D eigenvalue weighted by Crippen LogP contribution is -2.05. The first-order valence-corrected chi connectivity index (χ1v) is 4.87. The Balaban J connectivity index is 2.72. The molecule has 0 fully saturated rings. The van der Waals surface area contributed by atoms with Crippen LogP contribution in [0.3, 0.4) is 0 Å². The number of benzene rings is 1. The summed E-state index contributed by atoms with van der Waals surface area (Å²) in [5.41, 5.74) is -0.814. The molecule has 1 radical (unpaired) electrons. The van der Waals surface area contributed by atoms with Crippen molar-refractivity contribution in [2.75, 3.05) is 6.61 Å². The monoisotopic (exact) mass is 269 g/mol. The average molecular weight is 270 g/mol. The maximum Gasteiger partial charge on any atom is 0.416 e. The Morgan fingerprint density at radius 3 is 2.62 bits per heavy atom. The molecule has 1 rings (SSSR count). The molecule has 0 aliphatic heterocycles. The quantitative estimate of drug-likeness (QED) is 0.799. The van der Waals surface area contributed by atoms with Crippen molar-refractivity contribution in [3.63, 3.8) is 0 Å². The number of rotatable bonds is 3. The van der Waals surface area contributed by atoms with Gasteiger partial charge in [0.25, 0.3) is 0 Å². The Kier molecular flexibility index (Phi) is 4.50. The molecular formula is C10H6Cl2F3O. The minimum absolute atomic E-state index is 0.00250. The molecule has 0 amide bonds. The van der Waals surface area contributed by atoms with Gasteiger partial charge in [0.15, 0.2) is 0 Å². The summed E-state index contributed by atoms with van der Waals surface area (Å²) in [4.78, 5) is 0. The summed E-state index contributed by atoms with van der Waals surface area (Å²) in [7, 11) is 0. The highest BCUT2D eigenvalue weighted by atomic mass is 35.5. The van der Waals surface area contributed by atoms with E-state index in [0.29, 0.717) is 0 Å². The topological polar surface area (TPSA) is 9.23 Å². The maximum absolute atomic E-state index is 12.3. The second-order valence-corrected chi connectivity index (χ2v) is 3.77. The highest BCUT2D eigenvalue weighted by molar-refractivity contribution is 6.55. The van der Waals surface area contributed by atoms with Crippen molar-refractivity contribution >= 4 is 23.2 Å². The van der Waals surface area contributed by atoms with Gasteiger partial charge in [-0.05, 0) is 30.3 Å². The first kappa shape index (κ1) is 13.2. The molecule has 16 heavy (non-hydrogen) atoms. The molecule has 0 unspecified atom stereocenters. The second kappa shape index (κ2) is 5.46. The Morgan fingerprint density at radius 2 is 2.06 bits per heavy atom. The fourth-order valence-corrected chi connectivity index (χ4v) is 1.02. The molecule has 0 spiro atoms. The van der Waals surface area contributed by atoms with Crippen LogP contribution < -0.4 is 4.74 Å². The van der Waals surface area contributed by atoms with Crippen LogP contribution in [0.15, 0.2) is 28.8 Å². The summed E-state index contributed by atoms with van der Waals surface area (Å²) in [5.74, 6) is 0.0562. The van der Waals surface area contributed by atoms with Crippen LogP contribution in [0.1, 0.15) is 5.56 Å². The predicted molar refractivity (Wildman–Crippen MR) is 55.6 cm³/mol. The average Bonchev–Trinajstić information content (AvgIpc) is 2.16. The lowest BCUT2D eigenvalue weighted by atomic mass is 10.2. The molecule has 1 aromatic carbocycles. The molecule has 1 nitrogen and oxygen atoms in total. The molecule has 0 aromatic heterocycles. The Hall–Kier alpha value is -0.870. The van der Waals surface area contributed by atoms with Crippen molar-refractivity contribution in [3.8, 4) is 5.75 Å². The smallest absolute Gasteiger partial charge is 0.416 e. The number of ether oxygens (including phenoxy) is 1. The zero-order valence-corrected chi connectivity index (χ0v) is 9.33. The van der Waals surface area contributed by atoms with Gasteiger partial charge >= 0.3 is 6.18 Å². The molecule has 0 saturated heterocycles. The van der Waals surface area contributed by atoms with Gasteiger partial charge < -0.3 is 4.74 Å². The summed E-state index contributed by atoms with van der Waals surface area (Å²) in [6.45, 7) is -0.00250. The van der Waals surface area contributed by atoms with Crippen molar-refractivity contribution in [1.82, 2.24) is 0 Å². The minimum atomic E-state index is -4.41. The van der Waals surface area contributed by atoms with Crippen LogP contribution in [0.5, 0.6) is 5.75 Å². The van der Waals surface area contributed by atoms with E-state index in [4.69, 9.17) is 27.9 Å². The van der Waals surface area contributed by atoms with Crippen LogP contribution in [0.2, 0.25) is 0 Å². The zero-order chi connectivity index (χ0) is 12.2. The van der Waals surface area contributed by atoms with E-state index in [-0.39, 0.29) is 16.8 Å². The van der Waals surface area contributed by atoms with Crippen molar-refractivity contribution < 1.29 is 17.9 Å². The van der Waals surface area contributed by atoms with Crippen molar-refractivity contribution in [3.05, 3.63) is 40.4 Å². The normalized spacial score (nSPS) is 11.1. The van der Waals surface area contributed by atoms with Gasteiger partial charge in [-0.3, -0.25) is 0 Å². The largest absolute Gasteiger partial charge is 0.489 e. The van der Waals surface area contributed by atoms with E-state index in [1.807, 2.05) is 0 Å². The number of hydrogen-bond donors (Lipinski definition) is 0. The summed E-state index contributed by atoms with van der Waals surface area (Å²) >= 11 is 10.6. The highest BCUT2D eigenvalue weighted by Crippen LogP contribution is 2.31. The van der Waals surface area contributed by atoms with E-state index < -0.39 is 11.7 Å². The van der Waals surface area contributed by atoms with Gasteiger partial charge in [-0.25, -0.2) is 0 Å². The van der Waals surface area contributed by atoms with E-state index in [0.717, 1.165) is 12.1 Å². The lowest BCUT2D eigenvalue weighted by molar-refractivity contribution is -0.137. The Labute approximate surface area is 100 Å². The van der Waals surface area contributed by atoms with Crippen LogP contribution in [-0.4, -0.2) is 6.61 Å². The number of halogens is 5. The molecule has 0 aliphatic rings. The summed E-state index contributed by atoms with van der Waals surface area (Å²) in [5, 5.41) is 0. The van der Waals surface area contributed by atoms with E-state index in [9.17, 15) is 13.2 Å². The standard InChI is InChI=1S/C10H6Cl2F3O/c11-9(12)4-5-16-8-3-1-2-7(6-8)10(13,14)15/h2-4,6H,5H2. The summed E-state index contributed by atoms with van der Waals surface area (Å²) in [6.07, 6.45) is -3.08. The minimum Gasteiger partial charge on any atom is -0.489 e. The number of alkyl halides is 3. The zero-order valence-electron chi connectivity index (χ0n) is 7.81.